The molecule has 3 nitrogen and oxygen atoms in total. The summed E-state index contributed by atoms with van der Waals surface area (Å²) in [5.74, 6) is 1.56. The normalized spacial score (nSPS) is 22.8. The number of hydrogen-bond acceptors (Lipinski definition) is 2. The van der Waals surface area contributed by atoms with Gasteiger partial charge >= 0.3 is 0 Å². The molecule has 1 heterocycles. The summed E-state index contributed by atoms with van der Waals surface area (Å²) in [6.07, 6.45) is 4.42. The Bertz CT molecular complexity index is 307. The maximum Gasteiger partial charge on any atom is 0.226 e. The van der Waals surface area contributed by atoms with E-state index in [1.54, 1.807) is 0 Å². The SMILES string of the molecule is CC(C)CC(CN)C(=O)N1CCCC(C(C)(C)C)CC1. The van der Waals surface area contributed by atoms with Crippen molar-refractivity contribution in [2.24, 2.45) is 28.9 Å². The van der Waals surface area contributed by atoms with E-state index in [1.165, 1.54) is 6.42 Å². The van der Waals surface area contributed by atoms with Crippen LogP contribution in [-0.2, 0) is 4.79 Å². The quantitative estimate of drug-likeness (QED) is 0.860. The van der Waals surface area contributed by atoms with Crippen molar-refractivity contribution < 1.29 is 4.79 Å². The van der Waals surface area contributed by atoms with Gasteiger partial charge in [0, 0.05) is 19.6 Å². The van der Waals surface area contributed by atoms with Gasteiger partial charge in [-0.15, -0.1) is 0 Å². The number of rotatable bonds is 4. The molecular weight excluding hydrogens is 248 g/mol. The van der Waals surface area contributed by atoms with Gasteiger partial charge in [-0.25, -0.2) is 0 Å². The molecule has 20 heavy (non-hydrogen) atoms. The van der Waals surface area contributed by atoms with Crippen LogP contribution in [0.15, 0.2) is 0 Å². The molecule has 0 aromatic heterocycles. The summed E-state index contributed by atoms with van der Waals surface area (Å²) in [6.45, 7) is 13.6. The van der Waals surface area contributed by atoms with Gasteiger partial charge in [0.15, 0.2) is 0 Å². The highest BCUT2D eigenvalue weighted by Crippen LogP contribution is 2.34. The number of carbonyl (C=O) groups excluding carboxylic acids is 1. The molecule has 1 saturated heterocycles. The second-order valence-corrected chi connectivity index (χ2v) is 7.88. The van der Waals surface area contributed by atoms with E-state index in [0.29, 0.717) is 17.9 Å². The monoisotopic (exact) mass is 282 g/mol. The van der Waals surface area contributed by atoms with Crippen LogP contribution in [0.5, 0.6) is 0 Å². The van der Waals surface area contributed by atoms with Crippen LogP contribution < -0.4 is 5.73 Å². The molecule has 3 heteroatoms. The van der Waals surface area contributed by atoms with E-state index in [2.05, 4.69) is 39.5 Å². The van der Waals surface area contributed by atoms with Gasteiger partial charge in [-0.2, -0.15) is 0 Å². The number of hydrogen-bond donors (Lipinski definition) is 1. The van der Waals surface area contributed by atoms with Crippen LogP contribution in [0, 0.1) is 23.2 Å². The molecular formula is C17H34N2O. The summed E-state index contributed by atoms with van der Waals surface area (Å²) in [5.41, 5.74) is 6.17. The highest BCUT2D eigenvalue weighted by Gasteiger charge is 2.30. The van der Waals surface area contributed by atoms with E-state index >= 15 is 0 Å². The van der Waals surface area contributed by atoms with Crippen molar-refractivity contribution in [1.29, 1.82) is 0 Å². The topological polar surface area (TPSA) is 46.3 Å². The molecule has 0 spiro atoms. The zero-order valence-electron chi connectivity index (χ0n) is 14.1. The highest BCUT2D eigenvalue weighted by molar-refractivity contribution is 5.79. The van der Waals surface area contributed by atoms with Crippen LogP contribution in [0.4, 0.5) is 0 Å². The maximum absolute atomic E-state index is 12.6. The summed E-state index contributed by atoms with van der Waals surface area (Å²) in [7, 11) is 0. The lowest BCUT2D eigenvalue weighted by Gasteiger charge is -2.30. The number of likely N-dealkylation sites (tertiary alicyclic amines) is 1. The minimum atomic E-state index is 0.0150. The van der Waals surface area contributed by atoms with Gasteiger partial charge < -0.3 is 10.6 Å². The molecule has 2 unspecified atom stereocenters. The zero-order chi connectivity index (χ0) is 15.3. The minimum Gasteiger partial charge on any atom is -0.342 e. The van der Waals surface area contributed by atoms with Gasteiger partial charge in [-0.05, 0) is 42.9 Å². The first-order valence-corrected chi connectivity index (χ1v) is 8.24. The molecule has 1 rings (SSSR count). The summed E-state index contributed by atoms with van der Waals surface area (Å²) in [5, 5.41) is 0. The lowest BCUT2D eigenvalue weighted by Crippen LogP contribution is -2.40. The number of nitrogens with zero attached hydrogens (tertiary/aromatic N) is 1. The first kappa shape index (κ1) is 17.5. The number of carbonyl (C=O) groups is 1. The standard InChI is InChI=1S/C17H34N2O/c1-13(2)11-14(12-18)16(20)19-9-6-7-15(8-10-19)17(3,4)5/h13-15H,6-12,18H2,1-5H3. The van der Waals surface area contributed by atoms with E-state index < -0.39 is 0 Å². The van der Waals surface area contributed by atoms with Crippen LogP contribution >= 0.6 is 0 Å². The van der Waals surface area contributed by atoms with E-state index in [1.807, 2.05) is 0 Å². The fourth-order valence-electron chi connectivity index (χ4n) is 3.31. The minimum absolute atomic E-state index is 0.0150. The average molecular weight is 282 g/mol. The van der Waals surface area contributed by atoms with Gasteiger partial charge in [-0.3, -0.25) is 4.79 Å². The Morgan fingerprint density at radius 1 is 1.25 bits per heavy atom. The van der Waals surface area contributed by atoms with E-state index in [4.69, 9.17) is 5.73 Å². The van der Waals surface area contributed by atoms with Crippen LogP contribution in [-0.4, -0.2) is 30.4 Å². The van der Waals surface area contributed by atoms with Gasteiger partial charge in [0.25, 0.3) is 0 Å². The van der Waals surface area contributed by atoms with E-state index in [0.717, 1.165) is 38.3 Å². The second-order valence-electron chi connectivity index (χ2n) is 7.88. The Morgan fingerprint density at radius 2 is 1.90 bits per heavy atom. The fraction of sp³-hybridized carbons (Fsp3) is 0.941. The third-order valence-electron chi connectivity index (χ3n) is 4.65. The average Bonchev–Trinajstić information content (AvgIpc) is 2.59. The maximum atomic E-state index is 12.6. The van der Waals surface area contributed by atoms with Crippen molar-refractivity contribution in [3.63, 3.8) is 0 Å². The third kappa shape index (κ3) is 5.08. The van der Waals surface area contributed by atoms with Crippen molar-refractivity contribution in [2.45, 2.75) is 60.3 Å². The van der Waals surface area contributed by atoms with Crippen LogP contribution in [0.1, 0.15) is 60.3 Å². The smallest absolute Gasteiger partial charge is 0.226 e. The summed E-state index contributed by atoms with van der Waals surface area (Å²) < 4.78 is 0. The van der Waals surface area contributed by atoms with Crippen LogP contribution in [0.25, 0.3) is 0 Å². The van der Waals surface area contributed by atoms with E-state index in [9.17, 15) is 4.79 Å². The fourth-order valence-corrected chi connectivity index (χ4v) is 3.31. The van der Waals surface area contributed by atoms with Gasteiger partial charge in [0.1, 0.15) is 0 Å². The highest BCUT2D eigenvalue weighted by atomic mass is 16.2. The third-order valence-corrected chi connectivity index (χ3v) is 4.65. The first-order chi connectivity index (χ1) is 9.25. The zero-order valence-corrected chi connectivity index (χ0v) is 14.1. The van der Waals surface area contributed by atoms with Crippen molar-refractivity contribution >= 4 is 5.91 Å². The Hall–Kier alpha value is -0.570. The first-order valence-electron chi connectivity index (χ1n) is 8.24. The number of nitrogens with two attached hydrogens (primary N) is 1. The number of amides is 1. The Kier molecular flexibility index (Phi) is 6.50. The van der Waals surface area contributed by atoms with Crippen molar-refractivity contribution in [3.8, 4) is 0 Å². The molecule has 118 valence electrons. The van der Waals surface area contributed by atoms with Gasteiger partial charge in [-0.1, -0.05) is 34.6 Å². The second kappa shape index (κ2) is 7.44. The summed E-state index contributed by atoms with van der Waals surface area (Å²) in [6, 6.07) is 0. The lowest BCUT2D eigenvalue weighted by molar-refractivity contribution is -0.135. The molecule has 2 N–H and O–H groups in total. The predicted octanol–water partition coefficient (Wildman–Crippen LogP) is 3.28. The molecule has 0 aliphatic carbocycles. The molecule has 1 amide bonds. The molecule has 0 saturated carbocycles. The van der Waals surface area contributed by atoms with Gasteiger partial charge in [0.05, 0.1) is 5.92 Å². The Morgan fingerprint density at radius 3 is 2.40 bits per heavy atom. The van der Waals surface area contributed by atoms with Crippen molar-refractivity contribution in [2.75, 3.05) is 19.6 Å². The summed E-state index contributed by atoms with van der Waals surface area (Å²) in [4.78, 5) is 14.7. The molecule has 2 atom stereocenters. The van der Waals surface area contributed by atoms with Crippen LogP contribution in [0.3, 0.4) is 0 Å². The van der Waals surface area contributed by atoms with Crippen molar-refractivity contribution in [3.05, 3.63) is 0 Å². The van der Waals surface area contributed by atoms with E-state index in [-0.39, 0.29) is 11.8 Å². The molecule has 0 aromatic carbocycles. The van der Waals surface area contributed by atoms with Gasteiger partial charge in [0.2, 0.25) is 5.91 Å². The predicted molar refractivity (Wildman–Crippen MR) is 85.4 cm³/mol. The largest absolute Gasteiger partial charge is 0.342 e. The Labute approximate surface area is 125 Å². The molecule has 0 radical (unpaired) electrons. The molecule has 0 aromatic rings. The Balaban J connectivity index is 2.61. The molecule has 1 aliphatic heterocycles. The summed E-state index contributed by atoms with van der Waals surface area (Å²) >= 11 is 0. The molecule has 0 bridgehead atoms. The van der Waals surface area contributed by atoms with Crippen molar-refractivity contribution in [1.82, 2.24) is 4.90 Å². The lowest BCUT2D eigenvalue weighted by atomic mass is 9.77. The molecule has 1 aliphatic rings. The van der Waals surface area contributed by atoms with Crippen LogP contribution in [0.2, 0.25) is 0 Å². The molecule has 1 fully saturated rings.